The summed E-state index contributed by atoms with van der Waals surface area (Å²) in [5.74, 6) is 0.0171. The van der Waals surface area contributed by atoms with Gasteiger partial charge in [0.25, 0.3) is 5.91 Å². The molecule has 0 spiro atoms. The minimum atomic E-state index is -0.672. The zero-order chi connectivity index (χ0) is 23.1. The van der Waals surface area contributed by atoms with E-state index in [1.807, 2.05) is 38.1 Å². The number of ether oxygens (including phenoxy) is 1. The molecule has 2 heterocycles. The predicted molar refractivity (Wildman–Crippen MR) is 125 cm³/mol. The fourth-order valence-corrected chi connectivity index (χ4v) is 4.34. The second-order valence-electron chi connectivity index (χ2n) is 8.15. The molecule has 166 valence electrons. The lowest BCUT2D eigenvalue weighted by atomic mass is 9.97. The minimum Gasteiger partial charge on any atom is -0.504 e. The number of nitrogens with zero attached hydrogens (tertiary/aromatic N) is 1. The van der Waals surface area contributed by atoms with Gasteiger partial charge in [0.15, 0.2) is 16.9 Å². The Balaban J connectivity index is 1.71. The topological polar surface area (TPSA) is 80.0 Å². The average Bonchev–Trinajstić information content (AvgIpc) is 3.09. The Bertz CT molecular complexity index is 1420. The number of phenolic OH excluding ortho intramolecular Hbond substituents is 1. The van der Waals surface area contributed by atoms with E-state index in [1.165, 1.54) is 6.07 Å². The van der Waals surface area contributed by atoms with Crippen LogP contribution < -0.4 is 10.2 Å². The van der Waals surface area contributed by atoms with Crippen molar-refractivity contribution in [2.45, 2.75) is 26.4 Å². The Morgan fingerprint density at radius 2 is 1.79 bits per heavy atom. The van der Waals surface area contributed by atoms with Crippen LogP contribution in [0.2, 0.25) is 0 Å². The lowest BCUT2D eigenvalue weighted by Gasteiger charge is -2.26. The van der Waals surface area contributed by atoms with Gasteiger partial charge in [-0.1, -0.05) is 48.0 Å². The monoisotopic (exact) mass is 441 g/mol. The van der Waals surface area contributed by atoms with E-state index in [0.29, 0.717) is 41.0 Å². The number of hydrogen-bond acceptors (Lipinski definition) is 5. The molecule has 4 aromatic rings. The molecule has 0 saturated heterocycles. The van der Waals surface area contributed by atoms with Crippen molar-refractivity contribution in [3.63, 3.8) is 0 Å². The average molecular weight is 441 g/mol. The van der Waals surface area contributed by atoms with Crippen LogP contribution in [-0.2, 0) is 6.54 Å². The van der Waals surface area contributed by atoms with Gasteiger partial charge < -0.3 is 19.2 Å². The summed E-state index contributed by atoms with van der Waals surface area (Å²) in [6.07, 6.45) is 0. The van der Waals surface area contributed by atoms with Crippen molar-refractivity contribution in [2.75, 3.05) is 6.61 Å². The molecule has 1 atom stereocenters. The molecule has 6 nitrogen and oxygen atoms in total. The summed E-state index contributed by atoms with van der Waals surface area (Å²) >= 11 is 0. The number of amides is 1. The Hall–Kier alpha value is -4.06. The van der Waals surface area contributed by atoms with Gasteiger partial charge in [-0.25, -0.2) is 0 Å². The van der Waals surface area contributed by atoms with Crippen molar-refractivity contribution >= 4 is 16.9 Å². The summed E-state index contributed by atoms with van der Waals surface area (Å²) in [5.41, 5.74) is 3.17. The molecule has 0 fully saturated rings. The van der Waals surface area contributed by atoms with Gasteiger partial charge in [-0.2, -0.15) is 0 Å². The summed E-state index contributed by atoms with van der Waals surface area (Å²) < 4.78 is 11.5. The Morgan fingerprint density at radius 1 is 1.03 bits per heavy atom. The van der Waals surface area contributed by atoms with Crippen LogP contribution >= 0.6 is 0 Å². The Morgan fingerprint density at radius 3 is 2.55 bits per heavy atom. The second-order valence-corrected chi connectivity index (χ2v) is 8.15. The van der Waals surface area contributed by atoms with Crippen LogP contribution in [0.3, 0.4) is 0 Å². The summed E-state index contributed by atoms with van der Waals surface area (Å²) in [5, 5.41) is 10.6. The quantitative estimate of drug-likeness (QED) is 0.474. The van der Waals surface area contributed by atoms with E-state index < -0.39 is 6.04 Å². The zero-order valence-corrected chi connectivity index (χ0v) is 18.4. The summed E-state index contributed by atoms with van der Waals surface area (Å²) in [6, 6.07) is 19.1. The Kier molecular flexibility index (Phi) is 5.13. The number of carbonyl (C=O) groups is 1. The van der Waals surface area contributed by atoms with Crippen molar-refractivity contribution in [2.24, 2.45) is 0 Å². The number of phenols is 1. The fourth-order valence-electron chi connectivity index (χ4n) is 4.34. The first-order valence-electron chi connectivity index (χ1n) is 10.9. The van der Waals surface area contributed by atoms with E-state index >= 15 is 0 Å². The highest BCUT2D eigenvalue weighted by Crippen LogP contribution is 2.41. The molecule has 0 aliphatic carbocycles. The minimum absolute atomic E-state index is 0.000720. The van der Waals surface area contributed by atoms with E-state index in [4.69, 9.17) is 9.15 Å². The maximum Gasteiger partial charge on any atom is 0.291 e. The number of fused-ring (bicyclic) bond motifs is 2. The molecule has 0 bridgehead atoms. The summed E-state index contributed by atoms with van der Waals surface area (Å²) in [7, 11) is 0. The molecule has 1 aliphatic heterocycles. The van der Waals surface area contributed by atoms with Crippen molar-refractivity contribution in [3.8, 4) is 11.5 Å². The lowest BCUT2D eigenvalue weighted by Crippen LogP contribution is -2.29. The van der Waals surface area contributed by atoms with E-state index in [0.717, 1.165) is 11.1 Å². The van der Waals surface area contributed by atoms with Crippen LogP contribution in [0.25, 0.3) is 11.0 Å². The van der Waals surface area contributed by atoms with Gasteiger partial charge in [-0.3, -0.25) is 9.59 Å². The number of para-hydroxylation sites is 1. The number of aryl methyl sites for hydroxylation is 1. The maximum atomic E-state index is 13.6. The van der Waals surface area contributed by atoms with Crippen molar-refractivity contribution in [3.05, 3.63) is 105 Å². The normalized spacial score (nSPS) is 15.2. The highest BCUT2D eigenvalue weighted by molar-refractivity contribution is 5.99. The number of aromatic hydroxyl groups is 1. The van der Waals surface area contributed by atoms with E-state index in [9.17, 15) is 14.7 Å². The van der Waals surface area contributed by atoms with Crippen LogP contribution in [0.5, 0.6) is 11.5 Å². The van der Waals surface area contributed by atoms with Gasteiger partial charge in [0.2, 0.25) is 5.76 Å². The maximum absolute atomic E-state index is 13.6. The van der Waals surface area contributed by atoms with E-state index in [2.05, 4.69) is 0 Å². The number of rotatable bonds is 5. The zero-order valence-electron chi connectivity index (χ0n) is 18.4. The van der Waals surface area contributed by atoms with E-state index in [-0.39, 0.29) is 22.8 Å². The first-order valence-corrected chi connectivity index (χ1v) is 10.9. The largest absolute Gasteiger partial charge is 0.504 e. The highest BCUT2D eigenvalue weighted by Gasteiger charge is 2.43. The van der Waals surface area contributed by atoms with Crippen LogP contribution in [-0.4, -0.2) is 22.5 Å². The Labute approximate surface area is 190 Å². The lowest BCUT2D eigenvalue weighted by molar-refractivity contribution is 0.0714. The number of carbonyl (C=O) groups excluding carboxylic acids is 1. The molecular weight excluding hydrogens is 418 g/mol. The van der Waals surface area contributed by atoms with Crippen LogP contribution in [0.4, 0.5) is 0 Å². The van der Waals surface area contributed by atoms with Crippen LogP contribution in [0.15, 0.2) is 75.9 Å². The molecule has 5 rings (SSSR count). The van der Waals surface area contributed by atoms with Gasteiger partial charge in [-0.15, -0.1) is 0 Å². The molecule has 1 aromatic heterocycles. The molecule has 0 radical (unpaired) electrons. The summed E-state index contributed by atoms with van der Waals surface area (Å²) in [6.45, 7) is 4.50. The first kappa shape index (κ1) is 20.8. The van der Waals surface area contributed by atoms with Crippen molar-refractivity contribution in [1.29, 1.82) is 0 Å². The van der Waals surface area contributed by atoms with Crippen LogP contribution in [0, 0.1) is 6.92 Å². The van der Waals surface area contributed by atoms with Gasteiger partial charge in [0.1, 0.15) is 5.58 Å². The molecule has 3 aromatic carbocycles. The first-order chi connectivity index (χ1) is 16.0. The fraction of sp³-hybridized carbons (Fsp3) is 0.185. The molecule has 1 aliphatic rings. The predicted octanol–water partition coefficient (Wildman–Crippen LogP) is 4.95. The van der Waals surface area contributed by atoms with Gasteiger partial charge in [-0.05, 0) is 49.2 Å². The van der Waals surface area contributed by atoms with Gasteiger partial charge in [0.05, 0.1) is 23.6 Å². The molecule has 1 amide bonds. The molecule has 0 saturated carbocycles. The number of benzene rings is 3. The van der Waals surface area contributed by atoms with Gasteiger partial charge in [0, 0.05) is 6.54 Å². The van der Waals surface area contributed by atoms with Crippen LogP contribution in [0.1, 0.15) is 45.8 Å². The number of hydrogen-bond donors (Lipinski definition) is 1. The molecule has 33 heavy (non-hydrogen) atoms. The second kappa shape index (κ2) is 8.13. The molecule has 0 unspecified atom stereocenters. The third-order valence-electron chi connectivity index (χ3n) is 5.95. The molecule has 1 N–H and O–H groups in total. The van der Waals surface area contributed by atoms with E-state index in [1.54, 1.807) is 41.3 Å². The molecular formula is C27H23NO5. The SMILES string of the molecule is CCOc1cc([C@H]2c3c(oc4ccccc4c3=O)C(=O)N2Cc2ccc(C)cc2)ccc1O. The van der Waals surface area contributed by atoms with Gasteiger partial charge >= 0.3 is 0 Å². The highest BCUT2D eigenvalue weighted by atomic mass is 16.5. The van der Waals surface area contributed by atoms with Crippen molar-refractivity contribution in [1.82, 2.24) is 4.90 Å². The van der Waals surface area contributed by atoms with Crippen molar-refractivity contribution < 1.29 is 19.1 Å². The smallest absolute Gasteiger partial charge is 0.291 e. The molecule has 6 heteroatoms. The summed E-state index contributed by atoms with van der Waals surface area (Å²) in [4.78, 5) is 28.7. The third kappa shape index (κ3) is 3.53. The standard InChI is InChI=1S/C27H23NO5/c1-3-32-22-14-18(12-13-20(22)29)24-23-25(30)19-6-4-5-7-21(19)33-26(23)27(31)28(24)15-17-10-8-16(2)9-11-17/h4-14,24,29H,3,15H2,1-2H3/t24-/m0/s1. The third-order valence-corrected chi connectivity index (χ3v) is 5.95.